The zero-order valence-corrected chi connectivity index (χ0v) is 12.1. The maximum atomic E-state index is 12.0. The molecule has 0 amide bonds. The topological polar surface area (TPSA) is 61.8 Å². The smallest absolute Gasteiger partial charge is 0.330 e. The highest BCUT2D eigenvalue weighted by Gasteiger charge is 2.22. The maximum Gasteiger partial charge on any atom is 0.330 e. The zero-order valence-electron chi connectivity index (χ0n) is 10.2. The largest absolute Gasteiger partial charge is 0.331 e. The van der Waals surface area contributed by atoms with E-state index in [4.69, 9.17) is 13.6 Å². The second-order valence-electron chi connectivity index (χ2n) is 3.08. The van der Waals surface area contributed by atoms with Gasteiger partial charge in [-0.25, -0.2) is 0 Å². The predicted octanol–water partition coefficient (Wildman–Crippen LogP) is 3.15. The molecule has 7 heteroatoms. The summed E-state index contributed by atoms with van der Waals surface area (Å²) in [5, 5.41) is 0. The summed E-state index contributed by atoms with van der Waals surface area (Å²) in [6.07, 6.45) is 1.27. The Kier molecular flexibility index (Phi) is 9.58. The highest BCUT2D eigenvalue weighted by Crippen LogP contribution is 2.48. The molecule has 5 nitrogen and oxygen atoms in total. The highest BCUT2D eigenvalue weighted by atomic mass is 31.2. The summed E-state index contributed by atoms with van der Waals surface area (Å²) >= 11 is 0. The van der Waals surface area contributed by atoms with E-state index in [1.165, 1.54) is 0 Å². The number of hydrogen-bond acceptors (Lipinski definition) is 5. The van der Waals surface area contributed by atoms with Crippen LogP contribution < -0.4 is 0 Å². The Morgan fingerprint density at radius 3 is 2.06 bits per heavy atom. The van der Waals surface area contributed by atoms with Gasteiger partial charge in [0.15, 0.2) is 8.03 Å². The lowest BCUT2D eigenvalue weighted by Gasteiger charge is -2.16. The van der Waals surface area contributed by atoms with Gasteiger partial charge in [-0.15, -0.1) is 0 Å². The van der Waals surface area contributed by atoms with Crippen LogP contribution in [0.15, 0.2) is 0 Å². The van der Waals surface area contributed by atoms with Crippen molar-refractivity contribution in [3.8, 4) is 0 Å². The van der Waals surface area contributed by atoms with Gasteiger partial charge in [-0.05, 0) is 27.2 Å². The molecular weight excluding hydrogens is 250 g/mol. The van der Waals surface area contributed by atoms with E-state index in [-0.39, 0.29) is 0 Å². The van der Waals surface area contributed by atoms with E-state index in [1.807, 2.05) is 0 Å². The van der Waals surface area contributed by atoms with Crippen molar-refractivity contribution in [2.24, 2.45) is 0 Å². The average molecular weight is 272 g/mol. The van der Waals surface area contributed by atoms with Crippen LogP contribution in [-0.2, 0) is 22.7 Å². The first-order chi connectivity index (χ1) is 7.58. The molecule has 0 saturated carbocycles. The van der Waals surface area contributed by atoms with Crippen molar-refractivity contribution in [2.45, 2.75) is 27.2 Å². The Balaban J connectivity index is 3.93. The molecule has 0 aliphatic rings. The normalized spacial score (nSPS) is 13.9. The molecule has 0 saturated heterocycles. The van der Waals surface area contributed by atoms with Crippen LogP contribution in [0.1, 0.15) is 27.2 Å². The van der Waals surface area contributed by atoms with Crippen molar-refractivity contribution in [3.05, 3.63) is 0 Å². The van der Waals surface area contributed by atoms with E-state index in [1.54, 1.807) is 20.8 Å². The molecule has 0 rings (SSSR count). The highest BCUT2D eigenvalue weighted by molar-refractivity contribution is 7.53. The number of rotatable bonds is 10. The van der Waals surface area contributed by atoms with Crippen LogP contribution in [0.4, 0.5) is 0 Å². The molecule has 0 N–H and O–H groups in total. The van der Waals surface area contributed by atoms with Gasteiger partial charge in [-0.2, -0.15) is 0 Å². The fourth-order valence-electron chi connectivity index (χ4n) is 1.21. The van der Waals surface area contributed by atoms with E-state index >= 15 is 0 Å². The van der Waals surface area contributed by atoms with Crippen LogP contribution in [-0.4, -0.2) is 32.1 Å². The van der Waals surface area contributed by atoms with Crippen LogP contribution >= 0.6 is 15.6 Å². The lowest BCUT2D eigenvalue weighted by atomic mass is 10.6. The van der Waals surface area contributed by atoms with Gasteiger partial charge in [-0.1, -0.05) is 0 Å². The fourth-order valence-corrected chi connectivity index (χ4v) is 4.10. The van der Waals surface area contributed by atoms with Gasteiger partial charge in [-0.3, -0.25) is 9.13 Å². The van der Waals surface area contributed by atoms with Crippen molar-refractivity contribution in [1.29, 1.82) is 0 Å². The van der Waals surface area contributed by atoms with Crippen molar-refractivity contribution < 1.29 is 22.7 Å². The molecule has 1 unspecified atom stereocenters. The lowest BCUT2D eigenvalue weighted by Crippen LogP contribution is -2.01. The third-order valence-electron chi connectivity index (χ3n) is 1.77. The van der Waals surface area contributed by atoms with Crippen molar-refractivity contribution in [3.63, 3.8) is 0 Å². The van der Waals surface area contributed by atoms with Crippen LogP contribution in [0.25, 0.3) is 0 Å². The summed E-state index contributed by atoms with van der Waals surface area (Å²) in [5.41, 5.74) is 0. The summed E-state index contributed by atoms with van der Waals surface area (Å²) in [6, 6.07) is 0. The lowest BCUT2D eigenvalue weighted by molar-refractivity contribution is 0.220. The third-order valence-corrected chi connectivity index (χ3v) is 5.31. The summed E-state index contributed by atoms with van der Waals surface area (Å²) in [5.74, 6) is 0. The summed E-state index contributed by atoms with van der Waals surface area (Å²) in [6.45, 7) is 6.51. The van der Waals surface area contributed by atoms with Gasteiger partial charge >= 0.3 is 7.60 Å². The predicted molar refractivity (Wildman–Crippen MR) is 65.8 cm³/mol. The standard InChI is InChI=1S/C9H22O5P2/c1-4-12-15(10)8-7-9-16(11,13-5-2)14-6-3/h15H,4-9H2,1-3H3. The molecule has 16 heavy (non-hydrogen) atoms. The molecule has 0 aromatic carbocycles. The minimum Gasteiger partial charge on any atom is -0.331 e. The molecule has 0 heterocycles. The van der Waals surface area contributed by atoms with Crippen molar-refractivity contribution in [1.82, 2.24) is 0 Å². The molecule has 0 spiro atoms. The molecule has 0 fully saturated rings. The van der Waals surface area contributed by atoms with E-state index < -0.39 is 15.6 Å². The van der Waals surface area contributed by atoms with Gasteiger partial charge in [0.1, 0.15) is 0 Å². The Hall–Kier alpha value is 0.340. The quantitative estimate of drug-likeness (QED) is 0.572. The van der Waals surface area contributed by atoms with Crippen LogP contribution in [0.5, 0.6) is 0 Å². The van der Waals surface area contributed by atoms with Crippen LogP contribution in [0.3, 0.4) is 0 Å². The Bertz CT molecular complexity index is 234. The average Bonchev–Trinajstić information content (AvgIpc) is 2.18. The molecule has 0 aliphatic carbocycles. The minimum atomic E-state index is -2.97. The molecule has 0 bridgehead atoms. The third kappa shape index (κ3) is 7.59. The second kappa shape index (κ2) is 9.38. The minimum absolute atomic E-state index is 0.304. The number of hydrogen-bond donors (Lipinski definition) is 0. The van der Waals surface area contributed by atoms with Crippen LogP contribution in [0.2, 0.25) is 0 Å². The van der Waals surface area contributed by atoms with Gasteiger partial charge in [0.25, 0.3) is 0 Å². The Labute approximate surface area is 98.3 Å². The van der Waals surface area contributed by atoms with Crippen molar-refractivity contribution in [2.75, 3.05) is 32.1 Å². The van der Waals surface area contributed by atoms with Gasteiger partial charge < -0.3 is 13.6 Å². The van der Waals surface area contributed by atoms with E-state index in [9.17, 15) is 9.13 Å². The first kappa shape index (κ1) is 16.3. The molecule has 0 radical (unpaired) electrons. The first-order valence-electron chi connectivity index (χ1n) is 5.61. The van der Waals surface area contributed by atoms with Gasteiger partial charge in [0.2, 0.25) is 0 Å². The molecule has 0 aromatic rings. The molecule has 1 atom stereocenters. The summed E-state index contributed by atoms with van der Waals surface area (Å²) < 4.78 is 38.4. The van der Waals surface area contributed by atoms with E-state index in [0.717, 1.165) is 0 Å². The molecular formula is C9H22O5P2. The monoisotopic (exact) mass is 272 g/mol. The SMILES string of the molecule is CCO[PH](=O)CCCP(=O)(OCC)OCC. The van der Waals surface area contributed by atoms with E-state index in [0.29, 0.717) is 38.6 Å². The van der Waals surface area contributed by atoms with Gasteiger partial charge in [0.05, 0.1) is 26.0 Å². The van der Waals surface area contributed by atoms with Crippen LogP contribution in [0, 0.1) is 0 Å². The zero-order chi connectivity index (χ0) is 12.4. The van der Waals surface area contributed by atoms with Crippen molar-refractivity contribution >= 4 is 15.6 Å². The fraction of sp³-hybridized carbons (Fsp3) is 1.00. The second-order valence-corrected chi connectivity index (χ2v) is 6.80. The molecule has 98 valence electrons. The summed E-state index contributed by atoms with van der Waals surface area (Å²) in [4.78, 5) is 0. The molecule has 0 aliphatic heterocycles. The molecule has 0 aromatic heterocycles. The Morgan fingerprint density at radius 2 is 1.62 bits per heavy atom. The Morgan fingerprint density at radius 1 is 1.06 bits per heavy atom. The summed E-state index contributed by atoms with van der Waals surface area (Å²) in [7, 11) is -4.95. The maximum absolute atomic E-state index is 12.0. The van der Waals surface area contributed by atoms with Gasteiger partial charge in [0, 0.05) is 6.16 Å². The van der Waals surface area contributed by atoms with E-state index in [2.05, 4.69) is 0 Å². The first-order valence-corrected chi connectivity index (χ1v) is 8.86.